The van der Waals surface area contributed by atoms with Crippen LogP contribution in [0.4, 0.5) is 5.13 Å². The van der Waals surface area contributed by atoms with Crippen LogP contribution in [0.5, 0.6) is 0 Å². The van der Waals surface area contributed by atoms with E-state index in [1.165, 1.54) is 11.3 Å². The predicted octanol–water partition coefficient (Wildman–Crippen LogP) is 2.25. The number of nitrogens with zero attached hydrogens (tertiary/aromatic N) is 2. The number of thiazole rings is 1. The van der Waals surface area contributed by atoms with Gasteiger partial charge < -0.3 is 10.2 Å². The zero-order valence-electron chi connectivity index (χ0n) is 13.3. The van der Waals surface area contributed by atoms with Crippen LogP contribution in [0, 0.1) is 5.92 Å². The molecule has 7 heteroatoms. The Hall–Kier alpha value is -1.76. The van der Waals surface area contributed by atoms with Crippen LogP contribution in [0.2, 0.25) is 0 Å². The van der Waals surface area contributed by atoms with Gasteiger partial charge >= 0.3 is 0 Å². The van der Waals surface area contributed by atoms with Gasteiger partial charge in [-0.2, -0.15) is 0 Å². The highest BCUT2D eigenvalue weighted by Crippen LogP contribution is 2.30. The third kappa shape index (κ3) is 3.44. The Labute approximate surface area is 139 Å². The van der Waals surface area contributed by atoms with Crippen LogP contribution in [0.3, 0.4) is 0 Å². The molecular weight excluding hydrogens is 314 g/mol. The second-order valence-electron chi connectivity index (χ2n) is 6.09. The number of anilines is 1. The number of amides is 2. The van der Waals surface area contributed by atoms with Gasteiger partial charge in [-0.25, -0.2) is 4.98 Å². The van der Waals surface area contributed by atoms with Crippen molar-refractivity contribution in [2.24, 2.45) is 5.92 Å². The molecule has 1 aromatic rings. The molecule has 1 N–H and O–H groups in total. The molecule has 2 aliphatic rings. The Bertz CT molecular complexity index is 641. The lowest BCUT2D eigenvalue weighted by molar-refractivity contribution is -0.134. The summed E-state index contributed by atoms with van der Waals surface area (Å²) in [5.41, 5.74) is 0.813. The number of rotatable bonds is 3. The molecule has 0 radical (unpaired) electrons. The fraction of sp³-hybridized carbons (Fsp3) is 0.625. The topological polar surface area (TPSA) is 79.4 Å². The number of Topliss-reactive ketones (excluding diaryl/α,β-unsaturated/α-hetero) is 1. The molecule has 0 saturated carbocycles. The lowest BCUT2D eigenvalue weighted by Crippen LogP contribution is -2.43. The first-order valence-corrected chi connectivity index (χ1v) is 9.01. The summed E-state index contributed by atoms with van der Waals surface area (Å²) >= 11 is 1.27. The zero-order valence-corrected chi connectivity index (χ0v) is 14.1. The van der Waals surface area contributed by atoms with Crippen molar-refractivity contribution >= 4 is 34.1 Å². The molecule has 23 heavy (non-hydrogen) atoms. The molecule has 0 aromatic carbocycles. The molecule has 0 bridgehead atoms. The zero-order chi connectivity index (χ0) is 16.4. The summed E-state index contributed by atoms with van der Waals surface area (Å²) in [5.74, 6) is -0.0764. The van der Waals surface area contributed by atoms with Crippen LogP contribution < -0.4 is 5.32 Å². The van der Waals surface area contributed by atoms with E-state index < -0.39 is 0 Å². The highest BCUT2D eigenvalue weighted by atomic mass is 32.1. The molecule has 0 spiro atoms. The van der Waals surface area contributed by atoms with Gasteiger partial charge in [0.15, 0.2) is 10.9 Å². The number of fused-ring (bicyclic) bond motifs is 1. The van der Waals surface area contributed by atoms with Crippen molar-refractivity contribution < 1.29 is 14.4 Å². The smallest absolute Gasteiger partial charge is 0.231 e. The maximum atomic E-state index is 12.5. The average Bonchev–Trinajstić information content (AvgIpc) is 2.98. The van der Waals surface area contributed by atoms with E-state index in [9.17, 15) is 14.4 Å². The number of likely N-dealkylation sites (tertiary alicyclic amines) is 1. The van der Waals surface area contributed by atoms with Crippen LogP contribution in [-0.2, 0) is 16.0 Å². The SMILES string of the molecule is CCC(=O)N1CCC[C@H](C(=O)Nc2nc3c(s2)C(=O)CCC3)C1. The van der Waals surface area contributed by atoms with Crippen LogP contribution in [0.15, 0.2) is 0 Å². The lowest BCUT2D eigenvalue weighted by atomic mass is 9.97. The highest BCUT2D eigenvalue weighted by molar-refractivity contribution is 7.17. The first kappa shape index (κ1) is 16.1. The summed E-state index contributed by atoms with van der Waals surface area (Å²) in [5, 5.41) is 3.35. The number of carbonyl (C=O) groups excluding carboxylic acids is 3. The third-order valence-electron chi connectivity index (χ3n) is 4.45. The molecule has 1 aromatic heterocycles. The number of hydrogen-bond acceptors (Lipinski definition) is 5. The van der Waals surface area contributed by atoms with Crippen molar-refractivity contribution in [2.45, 2.75) is 45.4 Å². The van der Waals surface area contributed by atoms with Crippen molar-refractivity contribution in [3.8, 4) is 0 Å². The summed E-state index contributed by atoms with van der Waals surface area (Å²) < 4.78 is 0. The fourth-order valence-corrected chi connectivity index (χ4v) is 4.15. The molecule has 1 atom stereocenters. The van der Waals surface area contributed by atoms with Gasteiger partial charge in [0.2, 0.25) is 11.8 Å². The molecule has 1 saturated heterocycles. The van der Waals surface area contributed by atoms with Crippen LogP contribution >= 0.6 is 11.3 Å². The van der Waals surface area contributed by atoms with Gasteiger partial charge in [0.05, 0.1) is 16.5 Å². The summed E-state index contributed by atoms with van der Waals surface area (Å²) in [4.78, 5) is 43.0. The number of piperidine rings is 1. The summed E-state index contributed by atoms with van der Waals surface area (Å²) in [6.07, 6.45) is 4.30. The molecule has 1 aliphatic carbocycles. The van der Waals surface area contributed by atoms with Crippen molar-refractivity contribution in [1.82, 2.24) is 9.88 Å². The molecule has 1 aliphatic heterocycles. The molecular formula is C16H21N3O3S. The normalized spacial score (nSPS) is 21.0. The third-order valence-corrected chi connectivity index (χ3v) is 5.50. The van der Waals surface area contributed by atoms with Crippen LogP contribution in [0.1, 0.15) is 54.4 Å². The molecule has 1 fully saturated rings. The van der Waals surface area contributed by atoms with Gasteiger partial charge in [-0.3, -0.25) is 14.4 Å². The summed E-state index contributed by atoms with van der Waals surface area (Å²) in [6, 6.07) is 0. The van der Waals surface area contributed by atoms with E-state index in [4.69, 9.17) is 0 Å². The average molecular weight is 335 g/mol. The van der Waals surface area contributed by atoms with Gasteiger partial charge in [-0.05, 0) is 25.7 Å². The van der Waals surface area contributed by atoms with E-state index in [-0.39, 0.29) is 23.5 Å². The number of nitrogens with one attached hydrogen (secondary N) is 1. The minimum Gasteiger partial charge on any atom is -0.342 e. The summed E-state index contributed by atoms with van der Waals surface area (Å²) in [6.45, 7) is 3.04. The van der Waals surface area contributed by atoms with Crippen molar-refractivity contribution in [3.05, 3.63) is 10.6 Å². The monoisotopic (exact) mass is 335 g/mol. The Morgan fingerprint density at radius 2 is 2.17 bits per heavy atom. The van der Waals surface area contributed by atoms with E-state index >= 15 is 0 Å². The molecule has 3 rings (SSSR count). The molecule has 2 amide bonds. The number of carbonyl (C=O) groups is 3. The minimum atomic E-state index is -0.198. The maximum Gasteiger partial charge on any atom is 0.231 e. The molecule has 124 valence electrons. The number of aryl methyl sites for hydroxylation is 1. The van der Waals surface area contributed by atoms with E-state index in [2.05, 4.69) is 10.3 Å². The maximum absolute atomic E-state index is 12.5. The first-order chi connectivity index (χ1) is 11.1. The van der Waals surface area contributed by atoms with E-state index in [1.807, 2.05) is 6.92 Å². The second-order valence-corrected chi connectivity index (χ2v) is 7.09. The Morgan fingerprint density at radius 3 is 2.91 bits per heavy atom. The van der Waals surface area contributed by atoms with Crippen molar-refractivity contribution in [2.75, 3.05) is 18.4 Å². The molecule has 2 heterocycles. The van der Waals surface area contributed by atoms with Crippen LogP contribution in [0.25, 0.3) is 0 Å². The first-order valence-electron chi connectivity index (χ1n) is 8.20. The van der Waals surface area contributed by atoms with Gasteiger partial charge in [0.25, 0.3) is 0 Å². The highest BCUT2D eigenvalue weighted by Gasteiger charge is 2.29. The van der Waals surface area contributed by atoms with Gasteiger partial charge in [0, 0.05) is 25.9 Å². The van der Waals surface area contributed by atoms with Gasteiger partial charge in [0.1, 0.15) is 0 Å². The number of hydrogen-bond donors (Lipinski definition) is 1. The number of ketones is 1. The predicted molar refractivity (Wildman–Crippen MR) is 87.6 cm³/mol. The fourth-order valence-electron chi connectivity index (χ4n) is 3.17. The Kier molecular flexibility index (Phi) is 4.75. The van der Waals surface area contributed by atoms with Gasteiger partial charge in [-0.15, -0.1) is 0 Å². The standard InChI is InChI=1S/C16H21N3O3S/c1-2-13(21)19-8-4-5-10(9-19)15(22)18-16-17-11-6-3-7-12(20)14(11)23-16/h10H,2-9H2,1H3,(H,17,18,22)/t10-/m0/s1. The quantitative estimate of drug-likeness (QED) is 0.919. The largest absolute Gasteiger partial charge is 0.342 e. The van der Waals surface area contributed by atoms with Crippen molar-refractivity contribution in [1.29, 1.82) is 0 Å². The molecule has 0 unspecified atom stereocenters. The molecule has 6 nitrogen and oxygen atoms in total. The second kappa shape index (κ2) is 6.78. The van der Waals surface area contributed by atoms with E-state index in [0.29, 0.717) is 29.4 Å². The lowest BCUT2D eigenvalue weighted by Gasteiger charge is -2.31. The summed E-state index contributed by atoms with van der Waals surface area (Å²) in [7, 11) is 0. The van der Waals surface area contributed by atoms with Crippen LogP contribution in [-0.4, -0.2) is 40.6 Å². The van der Waals surface area contributed by atoms with E-state index in [0.717, 1.165) is 37.9 Å². The Morgan fingerprint density at radius 1 is 1.35 bits per heavy atom. The van der Waals surface area contributed by atoms with Gasteiger partial charge in [-0.1, -0.05) is 18.3 Å². The minimum absolute atomic E-state index is 0.0952. The van der Waals surface area contributed by atoms with E-state index in [1.54, 1.807) is 4.90 Å². The Balaban J connectivity index is 1.65. The van der Waals surface area contributed by atoms with Crippen molar-refractivity contribution in [3.63, 3.8) is 0 Å². The number of aromatic nitrogens is 1.